The van der Waals surface area contributed by atoms with Gasteiger partial charge >= 0.3 is 12.0 Å². The van der Waals surface area contributed by atoms with Crippen LogP contribution < -0.4 is 16.4 Å². The number of primary amides is 1. The molecule has 0 aliphatic heterocycles. The molecule has 1 aromatic carbocycles. The van der Waals surface area contributed by atoms with Gasteiger partial charge in [-0.3, -0.25) is 19.7 Å². The molecule has 118 valence electrons. The molecule has 1 atom stereocenters. The molecule has 1 aromatic rings. The summed E-state index contributed by atoms with van der Waals surface area (Å²) in [5.41, 5.74) is 5.12. The molecule has 22 heavy (non-hydrogen) atoms. The summed E-state index contributed by atoms with van der Waals surface area (Å²) >= 11 is 3.21. The van der Waals surface area contributed by atoms with Gasteiger partial charge in [-0.1, -0.05) is 12.1 Å². The quantitative estimate of drug-likeness (QED) is 0.641. The van der Waals surface area contributed by atoms with Crippen molar-refractivity contribution in [3.8, 4) is 0 Å². The van der Waals surface area contributed by atoms with Gasteiger partial charge < -0.3 is 15.8 Å². The molecule has 0 fully saturated rings. The summed E-state index contributed by atoms with van der Waals surface area (Å²) in [6.45, 7) is 0.847. The molecule has 8 nitrogen and oxygen atoms in total. The Morgan fingerprint density at radius 3 is 2.50 bits per heavy atom. The second kappa shape index (κ2) is 8.13. The summed E-state index contributed by atoms with van der Waals surface area (Å²) in [6.07, 6.45) is -1.21. The van der Waals surface area contributed by atoms with Crippen LogP contribution in [-0.2, 0) is 14.3 Å². The van der Waals surface area contributed by atoms with Crippen LogP contribution in [0.15, 0.2) is 28.7 Å². The van der Waals surface area contributed by atoms with E-state index in [-0.39, 0.29) is 0 Å². The van der Waals surface area contributed by atoms with E-state index in [9.17, 15) is 19.2 Å². The average Bonchev–Trinajstić information content (AvgIpc) is 2.44. The summed E-state index contributed by atoms with van der Waals surface area (Å²) in [5, 5.41) is 4.13. The maximum absolute atomic E-state index is 11.8. The number of carbonyl (C=O) groups is 4. The van der Waals surface area contributed by atoms with E-state index in [1.54, 1.807) is 29.6 Å². The maximum Gasteiger partial charge on any atom is 0.326 e. The van der Waals surface area contributed by atoms with E-state index in [2.05, 4.69) is 21.2 Å². The normalized spacial score (nSPS) is 11.2. The minimum absolute atomic E-state index is 0.356. The molecule has 4 amide bonds. The first-order valence-corrected chi connectivity index (χ1v) is 6.93. The number of nitrogens with one attached hydrogen (secondary N) is 2. The minimum atomic E-state index is -1.21. The Morgan fingerprint density at radius 1 is 1.27 bits per heavy atom. The van der Waals surface area contributed by atoms with Gasteiger partial charge in [0.2, 0.25) is 0 Å². The zero-order valence-electron chi connectivity index (χ0n) is 11.6. The number of hydrogen-bond acceptors (Lipinski definition) is 5. The summed E-state index contributed by atoms with van der Waals surface area (Å²) < 4.78 is 5.32. The lowest BCUT2D eigenvalue weighted by Crippen LogP contribution is -2.43. The summed E-state index contributed by atoms with van der Waals surface area (Å²) in [5.74, 6) is -2.15. The van der Waals surface area contributed by atoms with Crippen molar-refractivity contribution in [1.29, 1.82) is 0 Å². The van der Waals surface area contributed by atoms with Crippen molar-refractivity contribution in [1.82, 2.24) is 10.6 Å². The molecule has 0 heterocycles. The highest BCUT2D eigenvalue weighted by Crippen LogP contribution is 2.15. The Hall–Kier alpha value is -2.42. The molecule has 0 saturated carbocycles. The number of hydrogen-bond donors (Lipinski definition) is 3. The molecule has 0 aliphatic carbocycles. The van der Waals surface area contributed by atoms with Gasteiger partial charge in [0.1, 0.15) is 6.54 Å². The van der Waals surface area contributed by atoms with Gasteiger partial charge in [-0.25, -0.2) is 4.79 Å². The number of amides is 4. The highest BCUT2D eigenvalue weighted by Gasteiger charge is 2.19. The molecule has 0 spiro atoms. The predicted molar refractivity (Wildman–Crippen MR) is 79.8 cm³/mol. The number of carbonyl (C=O) groups excluding carboxylic acids is 4. The number of nitrogens with two attached hydrogens (primary N) is 1. The van der Waals surface area contributed by atoms with Crippen LogP contribution in [0.25, 0.3) is 0 Å². The van der Waals surface area contributed by atoms with E-state index in [4.69, 9.17) is 10.5 Å². The first-order chi connectivity index (χ1) is 10.3. The van der Waals surface area contributed by atoms with Gasteiger partial charge in [-0.05, 0) is 35.0 Å². The molecule has 0 aliphatic rings. The molecule has 4 N–H and O–H groups in total. The van der Waals surface area contributed by atoms with Gasteiger partial charge in [0.05, 0.1) is 5.56 Å². The fourth-order valence-corrected chi connectivity index (χ4v) is 1.87. The summed E-state index contributed by atoms with van der Waals surface area (Å²) in [6, 6.07) is 5.63. The van der Waals surface area contributed by atoms with Crippen molar-refractivity contribution in [2.75, 3.05) is 6.54 Å². The van der Waals surface area contributed by atoms with Crippen LogP contribution in [0.3, 0.4) is 0 Å². The Morgan fingerprint density at radius 2 is 1.91 bits per heavy atom. The SMILES string of the molecule is C[C@@H](OC(=O)CNC(=O)c1ccccc1Br)C(=O)NC(N)=O. The van der Waals surface area contributed by atoms with Crippen molar-refractivity contribution in [3.05, 3.63) is 34.3 Å². The fourth-order valence-electron chi connectivity index (χ4n) is 1.41. The van der Waals surface area contributed by atoms with Gasteiger partial charge in [0, 0.05) is 4.47 Å². The summed E-state index contributed by atoms with van der Waals surface area (Å²) in [7, 11) is 0. The van der Waals surface area contributed by atoms with E-state index in [1.165, 1.54) is 6.92 Å². The zero-order valence-corrected chi connectivity index (χ0v) is 13.2. The average molecular weight is 372 g/mol. The first-order valence-electron chi connectivity index (χ1n) is 6.13. The van der Waals surface area contributed by atoms with Gasteiger partial charge in [0.15, 0.2) is 6.10 Å². The van der Waals surface area contributed by atoms with Crippen LogP contribution in [0, 0.1) is 0 Å². The van der Waals surface area contributed by atoms with Gasteiger partial charge in [-0.15, -0.1) is 0 Å². The largest absolute Gasteiger partial charge is 0.451 e. The molecular weight excluding hydrogens is 358 g/mol. The van der Waals surface area contributed by atoms with E-state index >= 15 is 0 Å². The fraction of sp³-hybridized carbons (Fsp3) is 0.231. The number of urea groups is 1. The number of benzene rings is 1. The van der Waals surface area contributed by atoms with Crippen LogP contribution in [0.5, 0.6) is 0 Å². The van der Waals surface area contributed by atoms with E-state index in [1.807, 2.05) is 0 Å². The van der Waals surface area contributed by atoms with Crippen molar-refractivity contribution in [3.63, 3.8) is 0 Å². The van der Waals surface area contributed by atoms with Crippen molar-refractivity contribution in [2.24, 2.45) is 5.73 Å². The number of ether oxygens (including phenoxy) is 1. The standard InChI is InChI=1S/C13H14BrN3O5/c1-7(11(19)17-13(15)21)22-10(18)6-16-12(20)8-4-2-3-5-9(8)14/h2-5,7H,6H2,1H3,(H,16,20)(H3,15,17,19,21)/t7-/m1/s1. The van der Waals surface area contributed by atoms with Crippen molar-refractivity contribution >= 4 is 39.7 Å². The highest BCUT2D eigenvalue weighted by molar-refractivity contribution is 9.10. The third kappa shape index (κ3) is 5.52. The lowest BCUT2D eigenvalue weighted by molar-refractivity contribution is -0.153. The number of imide groups is 1. The van der Waals surface area contributed by atoms with E-state index in [0.29, 0.717) is 10.0 Å². The Labute approximate surface area is 134 Å². The lowest BCUT2D eigenvalue weighted by Gasteiger charge is -2.12. The number of esters is 1. The van der Waals surface area contributed by atoms with E-state index in [0.717, 1.165) is 0 Å². The molecule has 0 bridgehead atoms. The van der Waals surface area contributed by atoms with Crippen LogP contribution in [0.1, 0.15) is 17.3 Å². The Bertz CT molecular complexity index is 605. The smallest absolute Gasteiger partial charge is 0.326 e. The van der Waals surface area contributed by atoms with Crippen LogP contribution in [0.2, 0.25) is 0 Å². The first kappa shape index (κ1) is 17.6. The highest BCUT2D eigenvalue weighted by atomic mass is 79.9. The second-order valence-corrected chi connectivity index (χ2v) is 5.00. The topological polar surface area (TPSA) is 128 Å². The monoisotopic (exact) mass is 371 g/mol. The Balaban J connectivity index is 2.46. The van der Waals surface area contributed by atoms with Gasteiger partial charge in [0.25, 0.3) is 11.8 Å². The van der Waals surface area contributed by atoms with Crippen molar-refractivity contribution < 1.29 is 23.9 Å². The van der Waals surface area contributed by atoms with Gasteiger partial charge in [-0.2, -0.15) is 0 Å². The second-order valence-electron chi connectivity index (χ2n) is 4.15. The molecular formula is C13H14BrN3O5. The zero-order chi connectivity index (χ0) is 16.7. The van der Waals surface area contributed by atoms with Crippen LogP contribution in [0.4, 0.5) is 4.79 Å². The third-order valence-corrected chi connectivity index (χ3v) is 3.13. The molecule has 0 aromatic heterocycles. The number of halogens is 1. The van der Waals surface area contributed by atoms with Crippen LogP contribution >= 0.6 is 15.9 Å². The van der Waals surface area contributed by atoms with Crippen molar-refractivity contribution in [2.45, 2.75) is 13.0 Å². The Kier molecular flexibility index (Phi) is 6.51. The number of rotatable bonds is 5. The van der Waals surface area contributed by atoms with E-state index < -0.39 is 36.5 Å². The molecule has 0 saturated heterocycles. The minimum Gasteiger partial charge on any atom is -0.451 e. The third-order valence-electron chi connectivity index (χ3n) is 2.44. The molecule has 9 heteroatoms. The molecule has 0 radical (unpaired) electrons. The predicted octanol–water partition coefficient (Wildman–Crippen LogP) is 0.305. The molecule has 0 unspecified atom stereocenters. The maximum atomic E-state index is 11.8. The lowest BCUT2D eigenvalue weighted by atomic mass is 10.2. The molecule has 1 rings (SSSR count). The van der Waals surface area contributed by atoms with Crippen LogP contribution in [-0.4, -0.2) is 36.5 Å². The summed E-state index contributed by atoms with van der Waals surface area (Å²) in [4.78, 5) is 45.2.